The summed E-state index contributed by atoms with van der Waals surface area (Å²) in [6, 6.07) is 3.91. The van der Waals surface area contributed by atoms with Gasteiger partial charge in [0, 0.05) is 42.9 Å². The Labute approximate surface area is 145 Å². The highest BCUT2D eigenvalue weighted by Crippen LogP contribution is 2.42. The minimum atomic E-state index is -2.54. The number of halogens is 2. The molecule has 1 saturated heterocycles. The van der Waals surface area contributed by atoms with Crippen LogP contribution in [0.3, 0.4) is 0 Å². The van der Waals surface area contributed by atoms with Gasteiger partial charge in [-0.25, -0.2) is 18.7 Å². The Balaban J connectivity index is 1.75. The number of alkyl halides is 2. The van der Waals surface area contributed by atoms with Gasteiger partial charge in [-0.2, -0.15) is 4.98 Å². The van der Waals surface area contributed by atoms with Gasteiger partial charge in [-0.05, 0) is 31.9 Å². The highest BCUT2D eigenvalue weighted by molar-refractivity contribution is 5.79. The molecule has 0 N–H and O–H groups in total. The van der Waals surface area contributed by atoms with E-state index in [0.29, 0.717) is 37.7 Å². The lowest BCUT2D eigenvalue weighted by molar-refractivity contribution is -0.0383. The van der Waals surface area contributed by atoms with Crippen LogP contribution in [0, 0.1) is 6.92 Å². The molecule has 0 aromatic carbocycles. The van der Waals surface area contributed by atoms with E-state index in [2.05, 4.69) is 14.9 Å². The maximum atomic E-state index is 13.6. The zero-order valence-electron chi connectivity index (χ0n) is 14.3. The second-order valence-corrected chi connectivity index (χ2v) is 6.96. The third-order valence-corrected chi connectivity index (χ3v) is 5.11. The van der Waals surface area contributed by atoms with Crippen LogP contribution in [0.2, 0.25) is 0 Å². The Kier molecular flexibility index (Phi) is 4.27. The maximum absolute atomic E-state index is 13.6. The summed E-state index contributed by atoms with van der Waals surface area (Å²) in [6.07, 6.45) is 0.760. The molecule has 134 valence electrons. The Hall–Kier alpha value is -1.89. The van der Waals surface area contributed by atoms with Crippen LogP contribution in [0.15, 0.2) is 12.1 Å². The van der Waals surface area contributed by atoms with Crippen LogP contribution in [-0.2, 0) is 4.74 Å². The molecule has 3 heterocycles. The van der Waals surface area contributed by atoms with Crippen LogP contribution in [0.1, 0.15) is 43.0 Å². The van der Waals surface area contributed by atoms with Gasteiger partial charge >= 0.3 is 0 Å². The minimum Gasteiger partial charge on any atom is -0.378 e. The van der Waals surface area contributed by atoms with E-state index >= 15 is 0 Å². The van der Waals surface area contributed by atoms with Crippen molar-refractivity contribution >= 4 is 17.0 Å². The molecule has 1 saturated carbocycles. The van der Waals surface area contributed by atoms with Crippen molar-refractivity contribution < 1.29 is 13.5 Å². The Bertz CT molecular complexity index is 767. The lowest BCUT2D eigenvalue weighted by Gasteiger charge is -2.30. The molecular formula is C18H22F2N4O. The van der Waals surface area contributed by atoms with Crippen molar-refractivity contribution in [3.63, 3.8) is 0 Å². The summed E-state index contributed by atoms with van der Waals surface area (Å²) in [5, 5.41) is 0.887. The van der Waals surface area contributed by atoms with Crippen molar-refractivity contribution in [1.82, 2.24) is 15.0 Å². The molecule has 7 heteroatoms. The molecule has 0 atom stereocenters. The highest BCUT2D eigenvalue weighted by atomic mass is 19.3. The fourth-order valence-corrected chi connectivity index (χ4v) is 3.65. The predicted molar refractivity (Wildman–Crippen MR) is 91.3 cm³/mol. The molecule has 0 spiro atoms. The SMILES string of the molecule is Cc1ccc2c(C3CCC(F)(F)CC3)nc(N3CCOCC3)nc2n1. The van der Waals surface area contributed by atoms with Gasteiger partial charge in [-0.15, -0.1) is 0 Å². The number of pyridine rings is 1. The fourth-order valence-electron chi connectivity index (χ4n) is 3.65. The first-order valence-electron chi connectivity index (χ1n) is 8.88. The summed E-state index contributed by atoms with van der Waals surface area (Å²) >= 11 is 0. The second-order valence-electron chi connectivity index (χ2n) is 6.96. The molecule has 2 aromatic rings. The normalized spacial score (nSPS) is 21.6. The zero-order valence-corrected chi connectivity index (χ0v) is 14.3. The number of nitrogens with zero attached hydrogens (tertiary/aromatic N) is 4. The number of ether oxygens (including phenoxy) is 1. The molecular weight excluding hydrogens is 326 g/mol. The molecule has 2 fully saturated rings. The van der Waals surface area contributed by atoms with Crippen LogP contribution in [0.4, 0.5) is 14.7 Å². The van der Waals surface area contributed by atoms with E-state index in [0.717, 1.165) is 29.9 Å². The number of anilines is 1. The van der Waals surface area contributed by atoms with E-state index in [-0.39, 0.29) is 18.8 Å². The summed E-state index contributed by atoms with van der Waals surface area (Å²) in [5.74, 6) is -1.86. The third kappa shape index (κ3) is 3.42. The van der Waals surface area contributed by atoms with Crippen molar-refractivity contribution in [1.29, 1.82) is 0 Å². The van der Waals surface area contributed by atoms with E-state index in [1.165, 1.54) is 0 Å². The van der Waals surface area contributed by atoms with Gasteiger partial charge in [0.1, 0.15) is 0 Å². The van der Waals surface area contributed by atoms with Crippen LogP contribution in [-0.4, -0.2) is 47.2 Å². The van der Waals surface area contributed by atoms with Crippen molar-refractivity contribution in [3.8, 4) is 0 Å². The first-order valence-corrected chi connectivity index (χ1v) is 8.88. The number of hydrogen-bond donors (Lipinski definition) is 0. The first kappa shape index (κ1) is 16.6. The molecule has 2 aliphatic rings. The van der Waals surface area contributed by atoms with Gasteiger partial charge in [0.2, 0.25) is 11.9 Å². The standard InChI is InChI=1S/C18H22F2N4O/c1-12-2-3-14-15(13-4-6-18(19,20)7-5-13)22-17(23-16(14)21-12)24-8-10-25-11-9-24/h2-3,13H,4-11H2,1H3. The molecule has 0 radical (unpaired) electrons. The van der Waals surface area contributed by atoms with Crippen LogP contribution in [0.5, 0.6) is 0 Å². The molecule has 5 nitrogen and oxygen atoms in total. The molecule has 1 aliphatic carbocycles. The van der Waals surface area contributed by atoms with Crippen LogP contribution in [0.25, 0.3) is 11.0 Å². The highest BCUT2D eigenvalue weighted by Gasteiger charge is 2.36. The summed E-state index contributed by atoms with van der Waals surface area (Å²) in [6.45, 7) is 4.69. The lowest BCUT2D eigenvalue weighted by Crippen LogP contribution is -2.37. The number of fused-ring (bicyclic) bond motifs is 1. The number of aryl methyl sites for hydroxylation is 1. The minimum absolute atomic E-state index is 0.0365. The fraction of sp³-hybridized carbons (Fsp3) is 0.611. The molecule has 1 aliphatic heterocycles. The monoisotopic (exact) mass is 348 g/mol. The summed E-state index contributed by atoms with van der Waals surface area (Å²) in [5.41, 5.74) is 2.42. The number of aromatic nitrogens is 3. The topological polar surface area (TPSA) is 51.1 Å². The summed E-state index contributed by atoms with van der Waals surface area (Å²) in [4.78, 5) is 16.1. The molecule has 0 amide bonds. The van der Waals surface area contributed by atoms with Gasteiger partial charge in [-0.3, -0.25) is 0 Å². The predicted octanol–water partition coefficient (Wildman–Crippen LogP) is 3.46. The van der Waals surface area contributed by atoms with E-state index in [1.54, 1.807) is 0 Å². The molecule has 0 unspecified atom stereocenters. The molecule has 25 heavy (non-hydrogen) atoms. The van der Waals surface area contributed by atoms with Crippen molar-refractivity contribution in [2.45, 2.75) is 44.4 Å². The summed E-state index contributed by atoms with van der Waals surface area (Å²) in [7, 11) is 0. The number of hydrogen-bond acceptors (Lipinski definition) is 5. The Morgan fingerprint density at radius 1 is 1.08 bits per heavy atom. The number of morpholine rings is 1. The third-order valence-electron chi connectivity index (χ3n) is 5.11. The molecule has 2 aromatic heterocycles. The van der Waals surface area contributed by atoms with E-state index in [1.807, 2.05) is 19.1 Å². The Morgan fingerprint density at radius 2 is 1.80 bits per heavy atom. The summed E-state index contributed by atoms with van der Waals surface area (Å²) < 4.78 is 32.5. The zero-order chi connectivity index (χ0) is 17.4. The largest absolute Gasteiger partial charge is 0.378 e. The molecule has 0 bridgehead atoms. The van der Waals surface area contributed by atoms with Gasteiger partial charge in [0.25, 0.3) is 0 Å². The average molecular weight is 348 g/mol. The van der Waals surface area contributed by atoms with Gasteiger partial charge in [0.15, 0.2) is 5.65 Å². The van der Waals surface area contributed by atoms with E-state index in [9.17, 15) is 8.78 Å². The van der Waals surface area contributed by atoms with Crippen molar-refractivity contribution in [2.24, 2.45) is 0 Å². The van der Waals surface area contributed by atoms with E-state index in [4.69, 9.17) is 9.72 Å². The van der Waals surface area contributed by atoms with Crippen LogP contribution < -0.4 is 4.90 Å². The number of rotatable bonds is 2. The van der Waals surface area contributed by atoms with Gasteiger partial charge in [0.05, 0.1) is 18.9 Å². The van der Waals surface area contributed by atoms with Gasteiger partial charge < -0.3 is 9.64 Å². The maximum Gasteiger partial charge on any atom is 0.248 e. The quantitative estimate of drug-likeness (QED) is 0.832. The van der Waals surface area contributed by atoms with Crippen molar-refractivity contribution in [2.75, 3.05) is 31.2 Å². The van der Waals surface area contributed by atoms with Crippen molar-refractivity contribution in [3.05, 3.63) is 23.5 Å². The lowest BCUT2D eigenvalue weighted by atomic mass is 9.83. The smallest absolute Gasteiger partial charge is 0.248 e. The second kappa shape index (κ2) is 6.44. The first-order chi connectivity index (χ1) is 12.0. The average Bonchev–Trinajstić information content (AvgIpc) is 2.61. The van der Waals surface area contributed by atoms with E-state index < -0.39 is 5.92 Å². The van der Waals surface area contributed by atoms with Crippen LogP contribution >= 0.6 is 0 Å². The Morgan fingerprint density at radius 3 is 2.52 bits per heavy atom. The van der Waals surface area contributed by atoms with Gasteiger partial charge in [-0.1, -0.05) is 0 Å². The molecule has 4 rings (SSSR count).